The van der Waals surface area contributed by atoms with Crippen molar-refractivity contribution in [2.45, 2.75) is 51.5 Å². The third-order valence-electron chi connectivity index (χ3n) is 3.55. The summed E-state index contributed by atoms with van der Waals surface area (Å²) in [6, 6.07) is 2.58. The number of hydrogen-bond donors (Lipinski definition) is 0. The van der Waals surface area contributed by atoms with E-state index in [2.05, 4.69) is 11.5 Å². The fourth-order valence-electron chi connectivity index (χ4n) is 2.45. The number of halogens is 1. The summed E-state index contributed by atoms with van der Waals surface area (Å²) in [5.41, 5.74) is 3.06. The van der Waals surface area contributed by atoms with Crippen LogP contribution in [-0.4, -0.2) is 15.7 Å². The van der Waals surface area contributed by atoms with Crippen LogP contribution in [-0.2, 0) is 0 Å². The van der Waals surface area contributed by atoms with Gasteiger partial charge in [-0.2, -0.15) is 0 Å². The van der Waals surface area contributed by atoms with Crippen LogP contribution in [0.15, 0.2) is 6.07 Å². The molecule has 2 nitrogen and oxygen atoms in total. The normalized spacial score (nSPS) is 18.2. The summed E-state index contributed by atoms with van der Waals surface area (Å²) < 4.78 is 2.30. The molecule has 0 bridgehead atoms. The Morgan fingerprint density at radius 1 is 1.50 bits per heavy atom. The first-order valence-electron chi connectivity index (χ1n) is 5.89. The zero-order chi connectivity index (χ0) is 11.9. The topological polar surface area (TPSA) is 22.0 Å². The molecule has 1 heterocycles. The van der Waals surface area contributed by atoms with E-state index in [1.165, 1.54) is 25.0 Å². The first-order valence-corrected chi connectivity index (χ1v) is 6.32. The maximum atomic E-state index is 11.9. The van der Waals surface area contributed by atoms with Crippen LogP contribution in [0.2, 0.25) is 0 Å². The standard InChI is InChI=1S/C13H18ClNO/c1-8-7-12(13(16)9(2)14)10(3)15(8)11-5-4-6-11/h7,9,11H,4-6H2,1-3H3. The van der Waals surface area contributed by atoms with Crippen LogP contribution in [0.25, 0.3) is 0 Å². The second-order valence-electron chi connectivity index (χ2n) is 4.72. The highest BCUT2D eigenvalue weighted by Gasteiger charge is 2.26. The summed E-state index contributed by atoms with van der Waals surface area (Å²) in [5.74, 6) is 0.0420. The summed E-state index contributed by atoms with van der Waals surface area (Å²) in [5, 5.41) is -0.435. The molecule has 16 heavy (non-hydrogen) atoms. The molecule has 0 spiro atoms. The van der Waals surface area contributed by atoms with Crippen LogP contribution in [0.4, 0.5) is 0 Å². The molecule has 3 heteroatoms. The van der Waals surface area contributed by atoms with Crippen LogP contribution >= 0.6 is 11.6 Å². The first kappa shape index (κ1) is 11.7. The van der Waals surface area contributed by atoms with E-state index in [0.29, 0.717) is 6.04 Å². The van der Waals surface area contributed by atoms with Crippen LogP contribution in [0.3, 0.4) is 0 Å². The number of alkyl halides is 1. The van der Waals surface area contributed by atoms with Crippen LogP contribution in [0, 0.1) is 13.8 Å². The summed E-state index contributed by atoms with van der Waals surface area (Å²) in [4.78, 5) is 11.9. The molecule has 0 aromatic carbocycles. The molecule has 1 aromatic heterocycles. The predicted molar refractivity (Wildman–Crippen MR) is 66.4 cm³/mol. The number of carbonyl (C=O) groups is 1. The minimum atomic E-state index is -0.435. The molecule has 1 aromatic rings. The quantitative estimate of drug-likeness (QED) is 0.583. The molecule has 1 atom stereocenters. The van der Waals surface area contributed by atoms with E-state index < -0.39 is 5.38 Å². The maximum absolute atomic E-state index is 11.9. The van der Waals surface area contributed by atoms with Gasteiger partial charge in [0.1, 0.15) is 0 Å². The van der Waals surface area contributed by atoms with Crippen molar-refractivity contribution >= 4 is 17.4 Å². The first-order chi connectivity index (χ1) is 7.52. The highest BCUT2D eigenvalue weighted by atomic mass is 35.5. The molecular weight excluding hydrogens is 222 g/mol. The number of aryl methyl sites for hydroxylation is 1. The lowest BCUT2D eigenvalue weighted by atomic mass is 9.92. The van der Waals surface area contributed by atoms with Gasteiger partial charge in [-0.05, 0) is 46.1 Å². The number of hydrogen-bond acceptors (Lipinski definition) is 1. The minimum absolute atomic E-state index is 0.0420. The van der Waals surface area contributed by atoms with E-state index in [1.54, 1.807) is 6.92 Å². The van der Waals surface area contributed by atoms with Crippen molar-refractivity contribution in [1.29, 1.82) is 0 Å². The molecule has 0 N–H and O–H groups in total. The number of nitrogens with zero attached hydrogens (tertiary/aromatic N) is 1. The van der Waals surface area contributed by atoms with Crippen LogP contribution in [0.5, 0.6) is 0 Å². The third-order valence-corrected chi connectivity index (χ3v) is 3.75. The van der Waals surface area contributed by atoms with Gasteiger partial charge in [0.15, 0.2) is 5.78 Å². The smallest absolute Gasteiger partial charge is 0.182 e. The van der Waals surface area contributed by atoms with E-state index in [4.69, 9.17) is 11.6 Å². The van der Waals surface area contributed by atoms with Gasteiger partial charge >= 0.3 is 0 Å². The van der Waals surface area contributed by atoms with Gasteiger partial charge in [-0.3, -0.25) is 4.79 Å². The highest BCUT2D eigenvalue weighted by Crippen LogP contribution is 2.35. The van der Waals surface area contributed by atoms with E-state index >= 15 is 0 Å². The average molecular weight is 240 g/mol. The fraction of sp³-hybridized carbons (Fsp3) is 0.615. The summed E-state index contributed by atoms with van der Waals surface area (Å²) >= 11 is 5.86. The van der Waals surface area contributed by atoms with Gasteiger partial charge in [-0.15, -0.1) is 11.6 Å². The largest absolute Gasteiger partial charge is 0.345 e. The van der Waals surface area contributed by atoms with Crippen molar-refractivity contribution in [3.05, 3.63) is 23.0 Å². The second kappa shape index (κ2) is 4.25. The van der Waals surface area contributed by atoms with Crippen molar-refractivity contribution in [1.82, 2.24) is 4.57 Å². The average Bonchev–Trinajstić information content (AvgIpc) is 2.42. The van der Waals surface area contributed by atoms with E-state index in [-0.39, 0.29) is 5.78 Å². The molecule has 1 saturated carbocycles. The van der Waals surface area contributed by atoms with Crippen molar-refractivity contribution in [2.24, 2.45) is 0 Å². The van der Waals surface area contributed by atoms with Gasteiger partial charge < -0.3 is 4.57 Å². The molecule has 2 rings (SSSR count). The minimum Gasteiger partial charge on any atom is -0.345 e. The summed E-state index contributed by atoms with van der Waals surface area (Å²) in [7, 11) is 0. The molecule has 1 aliphatic rings. The predicted octanol–water partition coefficient (Wildman–Crippen LogP) is 3.64. The van der Waals surface area contributed by atoms with E-state index in [1.807, 2.05) is 13.0 Å². The second-order valence-corrected chi connectivity index (χ2v) is 5.37. The number of aromatic nitrogens is 1. The zero-order valence-corrected chi connectivity index (χ0v) is 10.8. The van der Waals surface area contributed by atoms with Crippen molar-refractivity contribution < 1.29 is 4.79 Å². The molecule has 0 saturated heterocycles. The van der Waals surface area contributed by atoms with Gasteiger partial charge in [0.25, 0.3) is 0 Å². The van der Waals surface area contributed by atoms with E-state index in [9.17, 15) is 4.79 Å². The van der Waals surface area contributed by atoms with Crippen LogP contribution in [0.1, 0.15) is 54.0 Å². The Balaban J connectivity index is 2.38. The lowest BCUT2D eigenvalue weighted by Crippen LogP contribution is -2.20. The lowest BCUT2D eigenvalue weighted by Gasteiger charge is -2.30. The van der Waals surface area contributed by atoms with Crippen LogP contribution < -0.4 is 0 Å². The Labute approximate surface area is 102 Å². The number of ketones is 1. The molecular formula is C13H18ClNO. The number of carbonyl (C=O) groups excluding carboxylic acids is 1. The molecule has 88 valence electrons. The lowest BCUT2D eigenvalue weighted by molar-refractivity contribution is 0.0991. The third kappa shape index (κ3) is 1.80. The Bertz CT molecular complexity index is 416. The SMILES string of the molecule is Cc1cc(C(=O)C(C)Cl)c(C)n1C1CCC1. The van der Waals surface area contributed by atoms with Crippen molar-refractivity contribution in [3.63, 3.8) is 0 Å². The van der Waals surface area contributed by atoms with Gasteiger partial charge in [-0.25, -0.2) is 0 Å². The monoisotopic (exact) mass is 239 g/mol. The molecule has 0 aliphatic heterocycles. The molecule has 1 fully saturated rings. The fourth-order valence-corrected chi connectivity index (χ4v) is 2.57. The summed E-state index contributed by atoms with van der Waals surface area (Å²) in [6.45, 7) is 5.83. The Morgan fingerprint density at radius 2 is 2.12 bits per heavy atom. The van der Waals surface area contributed by atoms with Gasteiger partial charge in [0.05, 0.1) is 5.38 Å². The maximum Gasteiger partial charge on any atom is 0.182 e. The molecule has 0 amide bonds. The Kier molecular flexibility index (Phi) is 3.11. The number of Topliss-reactive ketones (excluding diaryl/α,β-unsaturated/α-hetero) is 1. The van der Waals surface area contributed by atoms with Crippen molar-refractivity contribution in [2.75, 3.05) is 0 Å². The van der Waals surface area contributed by atoms with Crippen molar-refractivity contribution in [3.8, 4) is 0 Å². The van der Waals surface area contributed by atoms with Gasteiger partial charge in [-0.1, -0.05) is 0 Å². The summed E-state index contributed by atoms with van der Waals surface area (Å²) in [6.07, 6.45) is 3.78. The Hall–Kier alpha value is -0.760. The Morgan fingerprint density at radius 3 is 2.56 bits per heavy atom. The highest BCUT2D eigenvalue weighted by molar-refractivity contribution is 6.33. The van der Waals surface area contributed by atoms with E-state index in [0.717, 1.165) is 11.3 Å². The number of rotatable bonds is 3. The zero-order valence-electron chi connectivity index (χ0n) is 10.1. The molecule has 0 radical (unpaired) electrons. The van der Waals surface area contributed by atoms with Gasteiger partial charge in [0.2, 0.25) is 0 Å². The molecule has 1 unspecified atom stereocenters. The molecule has 1 aliphatic carbocycles. The van der Waals surface area contributed by atoms with Gasteiger partial charge in [0, 0.05) is 23.0 Å².